The van der Waals surface area contributed by atoms with Crippen molar-refractivity contribution in [3.63, 3.8) is 0 Å². The van der Waals surface area contributed by atoms with Gasteiger partial charge in [0.25, 0.3) is 0 Å². The van der Waals surface area contributed by atoms with Gasteiger partial charge in [-0.2, -0.15) is 0 Å². The number of allylic oxidation sites excluding steroid dienone is 1. The molecule has 2 rings (SSSR count). The molecule has 1 heterocycles. The van der Waals surface area contributed by atoms with Crippen LogP contribution in [0.25, 0.3) is 0 Å². The van der Waals surface area contributed by atoms with Crippen LogP contribution in [-0.4, -0.2) is 24.8 Å². The van der Waals surface area contributed by atoms with Gasteiger partial charge in [0.1, 0.15) is 5.78 Å². The first-order chi connectivity index (χ1) is 8.96. The molecule has 0 N–H and O–H groups in total. The highest BCUT2D eigenvalue weighted by molar-refractivity contribution is 14.1. The molecule has 1 aliphatic heterocycles. The first-order valence-electron chi connectivity index (χ1n) is 7.02. The molecule has 1 atom stereocenters. The molecule has 2 fully saturated rings. The van der Waals surface area contributed by atoms with Crippen molar-refractivity contribution in [3.8, 4) is 0 Å². The Kier molecular flexibility index (Phi) is 5.06. The summed E-state index contributed by atoms with van der Waals surface area (Å²) in [5.74, 6) is -0.00522. The Morgan fingerprint density at radius 1 is 1.37 bits per heavy atom. The molecule has 1 saturated heterocycles. The molecule has 2 aliphatic rings. The van der Waals surface area contributed by atoms with E-state index < -0.39 is 5.79 Å². The number of halogens is 1. The van der Waals surface area contributed by atoms with Crippen molar-refractivity contribution in [2.45, 2.75) is 51.7 Å². The molecule has 0 radical (unpaired) electrons. The lowest BCUT2D eigenvalue weighted by molar-refractivity contribution is -0.311. The van der Waals surface area contributed by atoms with Gasteiger partial charge >= 0.3 is 0 Å². The summed E-state index contributed by atoms with van der Waals surface area (Å²) in [5.41, 5.74) is 0.0894. The van der Waals surface area contributed by atoms with Crippen LogP contribution in [0.15, 0.2) is 10.2 Å². The SMILES string of the molecule is CC1(C)COC2(CCC(=O)C(CC/C=C\I)C2)OC1. The average Bonchev–Trinajstić information content (AvgIpc) is 2.38. The van der Waals surface area contributed by atoms with Gasteiger partial charge in [-0.1, -0.05) is 42.5 Å². The van der Waals surface area contributed by atoms with Gasteiger partial charge in [0.05, 0.1) is 13.2 Å². The maximum atomic E-state index is 12.0. The van der Waals surface area contributed by atoms with Crippen molar-refractivity contribution in [2.24, 2.45) is 11.3 Å². The molecule has 1 aliphatic carbocycles. The molecule has 1 unspecified atom stereocenters. The summed E-state index contributed by atoms with van der Waals surface area (Å²) in [5, 5.41) is 0. The van der Waals surface area contributed by atoms with Gasteiger partial charge in [-0.15, -0.1) is 0 Å². The molecule has 108 valence electrons. The van der Waals surface area contributed by atoms with Crippen LogP contribution in [0.2, 0.25) is 0 Å². The smallest absolute Gasteiger partial charge is 0.169 e. The first-order valence-corrected chi connectivity index (χ1v) is 8.27. The number of carbonyl (C=O) groups is 1. The number of rotatable bonds is 3. The second-order valence-electron chi connectivity index (χ2n) is 6.46. The lowest BCUT2D eigenvalue weighted by Gasteiger charge is -2.46. The third-order valence-electron chi connectivity index (χ3n) is 3.99. The van der Waals surface area contributed by atoms with Gasteiger partial charge in [-0.25, -0.2) is 0 Å². The fourth-order valence-corrected chi connectivity index (χ4v) is 3.09. The normalized spacial score (nSPS) is 30.1. The molecule has 0 aromatic rings. The van der Waals surface area contributed by atoms with Crippen molar-refractivity contribution in [1.82, 2.24) is 0 Å². The van der Waals surface area contributed by atoms with Crippen molar-refractivity contribution in [3.05, 3.63) is 10.2 Å². The van der Waals surface area contributed by atoms with Crippen LogP contribution in [0, 0.1) is 11.3 Å². The van der Waals surface area contributed by atoms with Gasteiger partial charge in [0.15, 0.2) is 5.79 Å². The van der Waals surface area contributed by atoms with E-state index in [1.54, 1.807) is 0 Å². The van der Waals surface area contributed by atoms with E-state index in [4.69, 9.17) is 9.47 Å². The fraction of sp³-hybridized carbons (Fsp3) is 0.800. The van der Waals surface area contributed by atoms with Crippen LogP contribution < -0.4 is 0 Å². The quantitative estimate of drug-likeness (QED) is 0.700. The Morgan fingerprint density at radius 3 is 2.68 bits per heavy atom. The number of Topliss-reactive ketones (excluding diaryl/α,β-unsaturated/α-hetero) is 1. The highest BCUT2D eigenvalue weighted by atomic mass is 127. The van der Waals surface area contributed by atoms with Crippen LogP contribution >= 0.6 is 22.6 Å². The number of ether oxygens (including phenoxy) is 2. The summed E-state index contributed by atoms with van der Waals surface area (Å²) in [4.78, 5) is 12.0. The van der Waals surface area contributed by atoms with E-state index in [9.17, 15) is 4.79 Å². The first kappa shape index (κ1) is 15.4. The molecular formula is C15H23IO3. The zero-order valence-corrected chi connectivity index (χ0v) is 13.9. The molecule has 19 heavy (non-hydrogen) atoms. The molecule has 0 aromatic heterocycles. The van der Waals surface area contributed by atoms with E-state index >= 15 is 0 Å². The number of ketones is 1. The molecular weight excluding hydrogens is 355 g/mol. The van der Waals surface area contributed by atoms with E-state index in [0.29, 0.717) is 12.2 Å². The second-order valence-corrected chi connectivity index (χ2v) is 7.18. The van der Waals surface area contributed by atoms with Gasteiger partial charge < -0.3 is 9.47 Å². The zero-order valence-electron chi connectivity index (χ0n) is 11.8. The van der Waals surface area contributed by atoms with Crippen LogP contribution in [0.4, 0.5) is 0 Å². The zero-order chi connectivity index (χ0) is 13.9. The topological polar surface area (TPSA) is 35.5 Å². The highest BCUT2D eigenvalue weighted by Crippen LogP contribution is 2.41. The molecule has 0 amide bonds. The minimum Gasteiger partial charge on any atom is -0.349 e. The Balaban J connectivity index is 1.95. The summed E-state index contributed by atoms with van der Waals surface area (Å²) in [7, 11) is 0. The predicted molar refractivity (Wildman–Crippen MR) is 83.2 cm³/mol. The molecule has 1 spiro atoms. The lowest BCUT2D eigenvalue weighted by Crippen LogP contribution is -2.51. The third kappa shape index (κ3) is 4.02. The van der Waals surface area contributed by atoms with E-state index in [0.717, 1.165) is 38.9 Å². The van der Waals surface area contributed by atoms with Gasteiger partial charge in [-0.3, -0.25) is 4.79 Å². The minimum atomic E-state index is -0.484. The van der Waals surface area contributed by atoms with E-state index in [1.807, 2.05) is 4.08 Å². The van der Waals surface area contributed by atoms with E-state index in [-0.39, 0.29) is 11.3 Å². The summed E-state index contributed by atoms with van der Waals surface area (Å²) >= 11 is 2.21. The second kappa shape index (κ2) is 6.22. The van der Waals surface area contributed by atoms with Crippen LogP contribution in [0.5, 0.6) is 0 Å². The molecule has 3 nitrogen and oxygen atoms in total. The van der Waals surface area contributed by atoms with Crippen LogP contribution in [0.3, 0.4) is 0 Å². The van der Waals surface area contributed by atoms with Gasteiger partial charge in [0, 0.05) is 30.6 Å². The van der Waals surface area contributed by atoms with E-state index in [2.05, 4.69) is 42.5 Å². The Hall–Kier alpha value is 0.0600. The minimum absolute atomic E-state index is 0.0894. The van der Waals surface area contributed by atoms with Crippen LogP contribution in [0.1, 0.15) is 46.0 Å². The maximum Gasteiger partial charge on any atom is 0.169 e. The molecule has 0 bridgehead atoms. The largest absolute Gasteiger partial charge is 0.349 e. The van der Waals surface area contributed by atoms with Crippen molar-refractivity contribution >= 4 is 28.4 Å². The number of carbonyl (C=O) groups excluding carboxylic acids is 1. The molecule has 4 heteroatoms. The fourth-order valence-electron chi connectivity index (χ4n) is 2.73. The number of hydrogen-bond donors (Lipinski definition) is 0. The van der Waals surface area contributed by atoms with Gasteiger partial charge in [-0.05, 0) is 16.9 Å². The Labute approximate surface area is 129 Å². The predicted octanol–water partition coefficient (Wildman–Crippen LogP) is 3.85. The maximum absolute atomic E-state index is 12.0. The summed E-state index contributed by atoms with van der Waals surface area (Å²) in [6, 6.07) is 0. The summed E-state index contributed by atoms with van der Waals surface area (Å²) in [6.45, 7) is 5.75. The van der Waals surface area contributed by atoms with Gasteiger partial charge in [0.2, 0.25) is 0 Å². The number of hydrogen-bond acceptors (Lipinski definition) is 3. The average molecular weight is 378 g/mol. The standard InChI is InChI=1S/C15H23IO3/c1-14(2)10-18-15(19-11-14)7-6-13(17)12(9-15)5-3-4-8-16/h4,8,12H,3,5-7,9-11H2,1-2H3/b8-4-. The van der Waals surface area contributed by atoms with Crippen molar-refractivity contribution < 1.29 is 14.3 Å². The summed E-state index contributed by atoms with van der Waals surface area (Å²) < 4.78 is 14.0. The lowest BCUT2D eigenvalue weighted by atomic mass is 9.80. The molecule has 0 aromatic carbocycles. The van der Waals surface area contributed by atoms with Crippen molar-refractivity contribution in [1.29, 1.82) is 0 Å². The summed E-state index contributed by atoms with van der Waals surface area (Å²) in [6.07, 6.45) is 6.04. The third-order valence-corrected chi connectivity index (χ3v) is 4.50. The van der Waals surface area contributed by atoms with E-state index in [1.165, 1.54) is 0 Å². The molecule has 1 saturated carbocycles. The Bertz CT molecular complexity index is 352. The highest BCUT2D eigenvalue weighted by Gasteiger charge is 2.46. The van der Waals surface area contributed by atoms with Crippen LogP contribution in [-0.2, 0) is 14.3 Å². The Morgan fingerprint density at radius 2 is 2.05 bits per heavy atom. The van der Waals surface area contributed by atoms with Crippen molar-refractivity contribution in [2.75, 3.05) is 13.2 Å². The monoisotopic (exact) mass is 378 g/mol.